The highest BCUT2D eigenvalue weighted by molar-refractivity contribution is 6.30. The van der Waals surface area contributed by atoms with Gasteiger partial charge in [-0.1, -0.05) is 41.9 Å². The van der Waals surface area contributed by atoms with E-state index >= 15 is 0 Å². The molecule has 0 bridgehead atoms. The van der Waals surface area contributed by atoms with E-state index in [4.69, 9.17) is 17.3 Å². The predicted molar refractivity (Wildman–Crippen MR) is 88.6 cm³/mol. The van der Waals surface area contributed by atoms with E-state index in [1.165, 1.54) is 0 Å². The molecule has 0 radical (unpaired) electrons. The van der Waals surface area contributed by atoms with Crippen molar-refractivity contribution in [2.45, 2.75) is 19.4 Å². The summed E-state index contributed by atoms with van der Waals surface area (Å²) in [4.78, 5) is 4.56. The smallest absolute Gasteiger partial charge is 0.0708 e. The number of fused-ring (bicyclic) bond motifs is 1. The van der Waals surface area contributed by atoms with Crippen molar-refractivity contribution < 1.29 is 0 Å². The van der Waals surface area contributed by atoms with Crippen molar-refractivity contribution in [3.63, 3.8) is 0 Å². The second kappa shape index (κ2) is 5.84. The first-order valence-electron chi connectivity index (χ1n) is 7.00. The molecular weight excluding hydrogens is 280 g/mol. The second-order valence-corrected chi connectivity index (χ2v) is 5.75. The first kappa shape index (κ1) is 14.1. The summed E-state index contributed by atoms with van der Waals surface area (Å²) >= 11 is 6.04. The van der Waals surface area contributed by atoms with Crippen LogP contribution < -0.4 is 5.73 Å². The van der Waals surface area contributed by atoms with E-state index in [9.17, 15) is 0 Å². The Labute approximate surface area is 129 Å². The topological polar surface area (TPSA) is 38.9 Å². The normalized spacial score (nSPS) is 12.5. The third kappa shape index (κ3) is 3.07. The third-order valence-corrected chi connectivity index (χ3v) is 3.86. The molecule has 3 aromatic rings. The minimum absolute atomic E-state index is 0.0740. The Balaban J connectivity index is 1.99. The van der Waals surface area contributed by atoms with E-state index in [1.54, 1.807) is 0 Å². The quantitative estimate of drug-likeness (QED) is 0.776. The fourth-order valence-electron chi connectivity index (χ4n) is 2.67. The summed E-state index contributed by atoms with van der Waals surface area (Å²) < 4.78 is 0. The van der Waals surface area contributed by atoms with Gasteiger partial charge in [0.15, 0.2) is 0 Å². The van der Waals surface area contributed by atoms with Gasteiger partial charge in [-0.05, 0) is 48.7 Å². The lowest BCUT2D eigenvalue weighted by atomic mass is 9.96. The fraction of sp³-hybridized carbons (Fsp3) is 0.167. The summed E-state index contributed by atoms with van der Waals surface area (Å²) in [5.74, 6) is 0. The van der Waals surface area contributed by atoms with E-state index in [0.717, 1.165) is 39.2 Å². The minimum atomic E-state index is -0.0740. The Bertz CT molecular complexity index is 783. The molecular formula is C18H17ClN2. The van der Waals surface area contributed by atoms with Crippen LogP contribution in [0.2, 0.25) is 5.02 Å². The SMILES string of the molecule is Cc1cc(C(N)Cc2cccc(Cl)c2)c2ccccc2n1. The highest BCUT2D eigenvalue weighted by atomic mass is 35.5. The molecule has 1 heterocycles. The van der Waals surface area contributed by atoms with Gasteiger partial charge < -0.3 is 5.73 Å². The van der Waals surface area contributed by atoms with Crippen molar-refractivity contribution in [3.05, 3.63) is 76.4 Å². The Morgan fingerprint density at radius 1 is 1.10 bits per heavy atom. The van der Waals surface area contributed by atoms with Crippen LogP contribution in [-0.2, 0) is 6.42 Å². The van der Waals surface area contributed by atoms with Gasteiger partial charge >= 0.3 is 0 Å². The highest BCUT2D eigenvalue weighted by Gasteiger charge is 2.12. The summed E-state index contributed by atoms with van der Waals surface area (Å²) in [6.07, 6.45) is 0.758. The molecule has 0 saturated heterocycles. The standard InChI is InChI=1S/C18H17ClN2/c1-12-9-16(15-7-2-3-8-18(15)21-12)17(20)11-13-5-4-6-14(19)10-13/h2-10,17H,11,20H2,1H3. The van der Waals surface area contributed by atoms with Crippen LogP contribution in [0.4, 0.5) is 0 Å². The number of nitrogens with two attached hydrogens (primary N) is 1. The van der Waals surface area contributed by atoms with Crippen LogP contribution >= 0.6 is 11.6 Å². The average molecular weight is 297 g/mol. The van der Waals surface area contributed by atoms with Gasteiger partial charge in [0, 0.05) is 22.1 Å². The van der Waals surface area contributed by atoms with Crippen molar-refractivity contribution >= 4 is 22.5 Å². The van der Waals surface area contributed by atoms with Crippen LogP contribution in [0.25, 0.3) is 10.9 Å². The number of halogens is 1. The number of para-hydroxylation sites is 1. The van der Waals surface area contributed by atoms with Gasteiger partial charge in [0.2, 0.25) is 0 Å². The average Bonchev–Trinajstić information content (AvgIpc) is 2.46. The van der Waals surface area contributed by atoms with Crippen LogP contribution in [0.3, 0.4) is 0 Å². The molecule has 21 heavy (non-hydrogen) atoms. The molecule has 0 spiro atoms. The molecule has 1 unspecified atom stereocenters. The summed E-state index contributed by atoms with van der Waals surface area (Å²) in [5, 5.41) is 1.87. The maximum absolute atomic E-state index is 6.44. The van der Waals surface area contributed by atoms with Crippen molar-refractivity contribution in [1.82, 2.24) is 4.98 Å². The van der Waals surface area contributed by atoms with E-state index in [-0.39, 0.29) is 6.04 Å². The zero-order chi connectivity index (χ0) is 14.8. The highest BCUT2D eigenvalue weighted by Crippen LogP contribution is 2.25. The number of nitrogens with zero attached hydrogens (tertiary/aromatic N) is 1. The molecule has 3 rings (SSSR count). The maximum Gasteiger partial charge on any atom is 0.0708 e. The van der Waals surface area contributed by atoms with Gasteiger partial charge in [-0.3, -0.25) is 4.98 Å². The molecule has 106 valence electrons. The second-order valence-electron chi connectivity index (χ2n) is 5.31. The summed E-state index contributed by atoms with van der Waals surface area (Å²) in [6, 6.07) is 18.0. The van der Waals surface area contributed by atoms with Crippen LogP contribution in [0, 0.1) is 6.92 Å². The maximum atomic E-state index is 6.44. The van der Waals surface area contributed by atoms with Gasteiger partial charge in [-0.2, -0.15) is 0 Å². The predicted octanol–water partition coefficient (Wildman–Crippen LogP) is 4.44. The van der Waals surface area contributed by atoms with E-state index in [1.807, 2.05) is 43.3 Å². The monoisotopic (exact) mass is 296 g/mol. The number of hydrogen-bond acceptors (Lipinski definition) is 2. The molecule has 2 nitrogen and oxygen atoms in total. The van der Waals surface area contributed by atoms with Crippen molar-refractivity contribution in [2.75, 3.05) is 0 Å². The van der Waals surface area contributed by atoms with Crippen LogP contribution in [-0.4, -0.2) is 4.98 Å². The number of benzene rings is 2. The zero-order valence-electron chi connectivity index (χ0n) is 11.9. The molecule has 1 atom stereocenters. The van der Waals surface area contributed by atoms with Crippen molar-refractivity contribution in [1.29, 1.82) is 0 Å². The van der Waals surface area contributed by atoms with Crippen molar-refractivity contribution in [3.8, 4) is 0 Å². The zero-order valence-corrected chi connectivity index (χ0v) is 12.6. The molecule has 3 heteroatoms. The molecule has 0 saturated carbocycles. The molecule has 0 aliphatic heterocycles. The fourth-order valence-corrected chi connectivity index (χ4v) is 2.89. The van der Waals surface area contributed by atoms with Gasteiger partial charge in [0.25, 0.3) is 0 Å². The third-order valence-electron chi connectivity index (χ3n) is 3.62. The Morgan fingerprint density at radius 3 is 2.71 bits per heavy atom. The van der Waals surface area contributed by atoms with E-state index in [2.05, 4.69) is 23.2 Å². The number of hydrogen-bond donors (Lipinski definition) is 1. The molecule has 2 aromatic carbocycles. The first-order valence-corrected chi connectivity index (χ1v) is 7.37. The van der Waals surface area contributed by atoms with Gasteiger partial charge in [-0.15, -0.1) is 0 Å². The lowest BCUT2D eigenvalue weighted by Crippen LogP contribution is -2.14. The number of aryl methyl sites for hydroxylation is 1. The van der Waals surface area contributed by atoms with Gasteiger partial charge in [0.1, 0.15) is 0 Å². The van der Waals surface area contributed by atoms with Gasteiger partial charge in [0.05, 0.1) is 5.52 Å². The lowest BCUT2D eigenvalue weighted by molar-refractivity contribution is 0.726. The number of rotatable bonds is 3. The van der Waals surface area contributed by atoms with Gasteiger partial charge in [-0.25, -0.2) is 0 Å². The molecule has 0 aliphatic carbocycles. The minimum Gasteiger partial charge on any atom is -0.324 e. The van der Waals surface area contributed by atoms with Crippen LogP contribution in [0.1, 0.15) is 22.9 Å². The van der Waals surface area contributed by atoms with E-state index < -0.39 is 0 Å². The van der Waals surface area contributed by atoms with Crippen LogP contribution in [0.15, 0.2) is 54.6 Å². The molecule has 0 amide bonds. The van der Waals surface area contributed by atoms with Crippen LogP contribution in [0.5, 0.6) is 0 Å². The summed E-state index contributed by atoms with van der Waals surface area (Å²) in [6.45, 7) is 2.00. The molecule has 1 aromatic heterocycles. The summed E-state index contributed by atoms with van der Waals surface area (Å²) in [5.41, 5.74) is 10.7. The number of aromatic nitrogens is 1. The Morgan fingerprint density at radius 2 is 1.90 bits per heavy atom. The molecule has 2 N–H and O–H groups in total. The molecule has 0 fully saturated rings. The van der Waals surface area contributed by atoms with E-state index in [0.29, 0.717) is 0 Å². The number of pyridine rings is 1. The summed E-state index contributed by atoms with van der Waals surface area (Å²) in [7, 11) is 0. The first-order chi connectivity index (χ1) is 10.1. The Hall–Kier alpha value is -1.90. The molecule has 0 aliphatic rings. The van der Waals surface area contributed by atoms with Crippen molar-refractivity contribution in [2.24, 2.45) is 5.73 Å². The lowest BCUT2D eigenvalue weighted by Gasteiger charge is -2.15. The Kier molecular flexibility index (Phi) is 3.91. The largest absolute Gasteiger partial charge is 0.324 e.